The summed E-state index contributed by atoms with van der Waals surface area (Å²) < 4.78 is 5.05. The Morgan fingerprint density at radius 1 is 1.58 bits per heavy atom. The smallest absolute Gasteiger partial charge is 0.240 e. The Morgan fingerprint density at radius 3 is 3.05 bits per heavy atom. The van der Waals surface area contributed by atoms with Crippen molar-refractivity contribution in [2.75, 3.05) is 0 Å². The van der Waals surface area contributed by atoms with Gasteiger partial charge in [-0.1, -0.05) is 0 Å². The van der Waals surface area contributed by atoms with Crippen LogP contribution in [0.15, 0.2) is 27.9 Å². The van der Waals surface area contributed by atoms with E-state index in [1.54, 1.807) is 18.4 Å². The summed E-state index contributed by atoms with van der Waals surface area (Å²) in [7, 11) is 0. The van der Waals surface area contributed by atoms with E-state index in [0.29, 0.717) is 18.6 Å². The summed E-state index contributed by atoms with van der Waals surface area (Å²) in [6.07, 6.45) is 4.03. The molecule has 0 aromatic carbocycles. The van der Waals surface area contributed by atoms with E-state index < -0.39 is 0 Å². The number of nitrogens with zero attached hydrogens (tertiary/aromatic N) is 2. The van der Waals surface area contributed by atoms with Gasteiger partial charge in [-0.25, -0.2) is 5.43 Å². The molecule has 0 fully saturated rings. The Hall–Kier alpha value is -2.37. The number of H-pyrrole nitrogens is 1. The summed E-state index contributed by atoms with van der Waals surface area (Å²) in [6, 6.07) is 3.52. The van der Waals surface area contributed by atoms with Crippen LogP contribution in [0.4, 0.5) is 0 Å². The molecule has 19 heavy (non-hydrogen) atoms. The van der Waals surface area contributed by atoms with Gasteiger partial charge in [-0.15, -0.1) is 0 Å². The van der Waals surface area contributed by atoms with E-state index >= 15 is 0 Å². The Morgan fingerprint density at radius 2 is 2.42 bits per heavy atom. The molecule has 2 aromatic heterocycles. The first-order chi connectivity index (χ1) is 9.16. The molecule has 6 heteroatoms. The van der Waals surface area contributed by atoms with E-state index in [1.165, 1.54) is 6.21 Å². The maximum atomic E-state index is 11.6. The third-order valence-corrected chi connectivity index (χ3v) is 2.81. The van der Waals surface area contributed by atoms with Crippen LogP contribution in [-0.2, 0) is 11.2 Å². The molecular weight excluding hydrogens is 244 g/mol. The fraction of sp³-hybridized carbons (Fsp3) is 0.308. The first kappa shape index (κ1) is 13.1. The molecule has 2 aromatic rings. The third-order valence-electron chi connectivity index (χ3n) is 2.81. The lowest BCUT2D eigenvalue weighted by Crippen LogP contribution is -2.18. The number of aromatic nitrogens is 2. The molecule has 100 valence electrons. The zero-order valence-electron chi connectivity index (χ0n) is 10.9. The summed E-state index contributed by atoms with van der Waals surface area (Å²) >= 11 is 0. The first-order valence-corrected chi connectivity index (χ1v) is 6.02. The summed E-state index contributed by atoms with van der Waals surface area (Å²) in [6.45, 7) is 3.87. The van der Waals surface area contributed by atoms with Gasteiger partial charge in [0.2, 0.25) is 5.91 Å². The number of aromatic amines is 1. The maximum Gasteiger partial charge on any atom is 0.240 e. The van der Waals surface area contributed by atoms with Crippen molar-refractivity contribution < 1.29 is 9.21 Å². The molecule has 0 saturated heterocycles. The largest absolute Gasteiger partial charge is 0.463 e. The molecule has 6 nitrogen and oxygen atoms in total. The maximum absolute atomic E-state index is 11.6. The van der Waals surface area contributed by atoms with E-state index in [2.05, 4.69) is 20.7 Å². The highest BCUT2D eigenvalue weighted by molar-refractivity contribution is 5.80. The highest BCUT2D eigenvalue weighted by Gasteiger charge is 2.08. The fourth-order valence-electron chi connectivity index (χ4n) is 1.77. The van der Waals surface area contributed by atoms with Crippen LogP contribution >= 0.6 is 0 Å². The predicted octanol–water partition coefficient (Wildman–Crippen LogP) is 1.70. The van der Waals surface area contributed by atoms with E-state index in [1.807, 2.05) is 13.8 Å². The number of carbonyl (C=O) groups is 1. The lowest BCUT2D eigenvalue weighted by molar-refractivity contribution is -0.121. The van der Waals surface area contributed by atoms with E-state index in [9.17, 15) is 4.79 Å². The van der Waals surface area contributed by atoms with Gasteiger partial charge in [0.15, 0.2) is 0 Å². The second-order valence-electron chi connectivity index (χ2n) is 4.22. The van der Waals surface area contributed by atoms with Gasteiger partial charge in [0.05, 0.1) is 18.2 Å². The number of hydrogen-bond acceptors (Lipinski definition) is 4. The second kappa shape index (κ2) is 5.99. The molecule has 0 aliphatic rings. The van der Waals surface area contributed by atoms with Gasteiger partial charge in [-0.2, -0.15) is 10.2 Å². The lowest BCUT2D eigenvalue weighted by atomic mass is 10.1. The number of hydrazone groups is 1. The zero-order chi connectivity index (χ0) is 13.7. The SMILES string of the molecule is Cc1n[nH]c(C)c1CCC(=O)NN=Cc1ccco1. The molecule has 0 spiro atoms. The molecule has 2 rings (SSSR count). The van der Waals surface area contributed by atoms with Crippen LogP contribution in [0.1, 0.15) is 29.1 Å². The van der Waals surface area contributed by atoms with Crippen molar-refractivity contribution >= 4 is 12.1 Å². The zero-order valence-corrected chi connectivity index (χ0v) is 10.9. The fourth-order valence-corrected chi connectivity index (χ4v) is 1.77. The van der Waals surface area contributed by atoms with Crippen LogP contribution in [0.5, 0.6) is 0 Å². The highest BCUT2D eigenvalue weighted by atomic mass is 16.3. The van der Waals surface area contributed by atoms with Gasteiger partial charge in [-0.3, -0.25) is 9.89 Å². The van der Waals surface area contributed by atoms with Crippen molar-refractivity contribution in [1.29, 1.82) is 0 Å². The molecular formula is C13H16N4O2. The molecule has 0 atom stereocenters. The number of carbonyl (C=O) groups excluding carboxylic acids is 1. The van der Waals surface area contributed by atoms with Crippen molar-refractivity contribution in [1.82, 2.24) is 15.6 Å². The number of amides is 1. The first-order valence-electron chi connectivity index (χ1n) is 6.02. The minimum Gasteiger partial charge on any atom is -0.463 e. The minimum atomic E-state index is -0.136. The standard InChI is InChI=1S/C13H16N4O2/c1-9-12(10(2)16-15-9)5-6-13(18)17-14-8-11-4-3-7-19-11/h3-4,7-8H,5-6H2,1-2H3,(H,15,16)(H,17,18). The topological polar surface area (TPSA) is 83.3 Å². The Balaban J connectivity index is 1.79. The van der Waals surface area contributed by atoms with Crippen LogP contribution in [0, 0.1) is 13.8 Å². The molecule has 0 radical (unpaired) electrons. The van der Waals surface area contributed by atoms with Gasteiger partial charge in [0, 0.05) is 12.1 Å². The number of furan rings is 1. The quantitative estimate of drug-likeness (QED) is 0.634. The predicted molar refractivity (Wildman–Crippen MR) is 70.8 cm³/mol. The minimum absolute atomic E-state index is 0.136. The molecule has 0 aliphatic heterocycles. The van der Waals surface area contributed by atoms with E-state index in [-0.39, 0.29) is 5.91 Å². The third kappa shape index (κ3) is 3.54. The Bertz CT molecular complexity index is 550. The summed E-state index contributed by atoms with van der Waals surface area (Å²) in [4.78, 5) is 11.6. The Kier molecular flexibility index (Phi) is 4.12. The average Bonchev–Trinajstić information content (AvgIpc) is 2.99. The molecule has 2 N–H and O–H groups in total. The van der Waals surface area contributed by atoms with Crippen molar-refractivity contribution in [2.24, 2.45) is 5.10 Å². The van der Waals surface area contributed by atoms with Crippen LogP contribution < -0.4 is 5.43 Å². The number of rotatable bonds is 5. The summed E-state index contributed by atoms with van der Waals surface area (Å²) in [5, 5.41) is 10.8. The molecule has 1 amide bonds. The van der Waals surface area contributed by atoms with Crippen molar-refractivity contribution in [2.45, 2.75) is 26.7 Å². The van der Waals surface area contributed by atoms with Crippen LogP contribution in [0.3, 0.4) is 0 Å². The highest BCUT2D eigenvalue weighted by Crippen LogP contribution is 2.11. The van der Waals surface area contributed by atoms with E-state index in [0.717, 1.165) is 17.0 Å². The van der Waals surface area contributed by atoms with Gasteiger partial charge < -0.3 is 4.42 Å². The van der Waals surface area contributed by atoms with Crippen LogP contribution in [0.25, 0.3) is 0 Å². The lowest BCUT2D eigenvalue weighted by Gasteiger charge is -2.00. The van der Waals surface area contributed by atoms with Crippen LogP contribution in [0.2, 0.25) is 0 Å². The van der Waals surface area contributed by atoms with Gasteiger partial charge in [-0.05, 0) is 38.0 Å². The monoisotopic (exact) mass is 260 g/mol. The normalized spacial score (nSPS) is 11.1. The number of nitrogens with one attached hydrogen (secondary N) is 2. The van der Waals surface area contributed by atoms with E-state index in [4.69, 9.17) is 4.42 Å². The Labute approximate surface area is 110 Å². The molecule has 0 aliphatic carbocycles. The number of hydrogen-bond donors (Lipinski definition) is 2. The molecule has 0 bridgehead atoms. The molecule has 2 heterocycles. The van der Waals surface area contributed by atoms with Crippen molar-refractivity contribution in [3.8, 4) is 0 Å². The van der Waals surface area contributed by atoms with Gasteiger partial charge >= 0.3 is 0 Å². The van der Waals surface area contributed by atoms with Crippen LogP contribution in [-0.4, -0.2) is 22.3 Å². The average molecular weight is 260 g/mol. The van der Waals surface area contributed by atoms with Crippen molar-refractivity contribution in [3.63, 3.8) is 0 Å². The molecule has 0 unspecified atom stereocenters. The van der Waals surface area contributed by atoms with Gasteiger partial charge in [0.25, 0.3) is 0 Å². The molecule has 0 saturated carbocycles. The number of aryl methyl sites for hydroxylation is 2. The second-order valence-corrected chi connectivity index (χ2v) is 4.22. The summed E-state index contributed by atoms with van der Waals surface area (Å²) in [5.41, 5.74) is 5.49. The van der Waals surface area contributed by atoms with Crippen molar-refractivity contribution in [3.05, 3.63) is 41.1 Å². The van der Waals surface area contributed by atoms with Gasteiger partial charge in [0.1, 0.15) is 5.76 Å². The summed E-state index contributed by atoms with van der Waals surface area (Å²) in [5.74, 6) is 0.463.